The Kier molecular flexibility index (Phi) is 8.70. The maximum atomic E-state index is 13.1. The minimum absolute atomic E-state index is 0.00817. The number of carbonyl (C=O) groups excluding carboxylic acids is 2. The molecular weight excluding hydrogens is 444 g/mol. The molecule has 0 aliphatic carbocycles. The van der Waals surface area contributed by atoms with Crippen LogP contribution in [0.5, 0.6) is 11.5 Å². The molecule has 0 bridgehead atoms. The van der Waals surface area contributed by atoms with Crippen LogP contribution < -0.4 is 19.9 Å². The molecule has 168 valence electrons. The number of nitrogens with two attached hydrogens (primary N) is 1. The van der Waals surface area contributed by atoms with Crippen molar-refractivity contribution in [3.05, 3.63) is 53.6 Å². The van der Waals surface area contributed by atoms with E-state index in [-0.39, 0.29) is 40.5 Å². The quantitative estimate of drug-likeness (QED) is 0.280. The van der Waals surface area contributed by atoms with Crippen LogP contribution in [0.1, 0.15) is 40.4 Å². The first-order chi connectivity index (χ1) is 14.7. The third-order valence-electron chi connectivity index (χ3n) is 4.53. The predicted octanol–water partition coefficient (Wildman–Crippen LogP) is 3.26. The molecule has 1 amide bonds. The second-order valence-electron chi connectivity index (χ2n) is 6.66. The number of amides is 1. The summed E-state index contributed by atoms with van der Waals surface area (Å²) in [5.41, 5.74) is 5.79. The summed E-state index contributed by atoms with van der Waals surface area (Å²) in [5, 5.41) is -1.64. The monoisotopic (exact) mass is 468 g/mol. The lowest BCUT2D eigenvalue weighted by molar-refractivity contribution is -0.117. The van der Waals surface area contributed by atoms with Crippen molar-refractivity contribution >= 4 is 39.0 Å². The first kappa shape index (κ1) is 24.5. The zero-order valence-electron chi connectivity index (χ0n) is 17.3. The third-order valence-corrected chi connectivity index (χ3v) is 6.43. The van der Waals surface area contributed by atoms with Gasteiger partial charge in [-0.25, -0.2) is 8.42 Å². The van der Waals surface area contributed by atoms with Gasteiger partial charge < -0.3 is 15.2 Å². The topological polar surface area (TPSA) is 125 Å². The van der Waals surface area contributed by atoms with Gasteiger partial charge in [0.05, 0.1) is 25.5 Å². The average molecular weight is 469 g/mol. The smallest absolute Gasteiger partial charge is 0.249 e. The molecule has 0 aliphatic rings. The van der Waals surface area contributed by atoms with Crippen LogP contribution in [0.2, 0.25) is 0 Å². The van der Waals surface area contributed by atoms with Crippen LogP contribution >= 0.6 is 11.6 Å². The number of hydrogen-bond donors (Lipinski definition) is 2. The molecule has 8 nitrogen and oxygen atoms in total. The number of sulfonamides is 1. The van der Waals surface area contributed by atoms with Crippen molar-refractivity contribution in [2.24, 2.45) is 5.73 Å². The number of alkyl halides is 1. The van der Waals surface area contributed by atoms with Gasteiger partial charge in [0.25, 0.3) is 0 Å². The van der Waals surface area contributed by atoms with Crippen LogP contribution in [0.15, 0.2) is 42.5 Å². The summed E-state index contributed by atoms with van der Waals surface area (Å²) in [6, 6.07) is 10.6. The molecule has 0 aromatic heterocycles. The number of methoxy groups -OCH3 is 2. The maximum absolute atomic E-state index is 13.1. The summed E-state index contributed by atoms with van der Waals surface area (Å²) >= 11 is 5.67. The summed E-state index contributed by atoms with van der Waals surface area (Å²) in [4.78, 5) is 24.7. The second-order valence-corrected chi connectivity index (χ2v) is 8.81. The molecule has 3 N–H and O–H groups in total. The largest absolute Gasteiger partial charge is 0.496 e. The highest BCUT2D eigenvalue weighted by Crippen LogP contribution is 2.36. The van der Waals surface area contributed by atoms with Gasteiger partial charge in [0.15, 0.2) is 11.0 Å². The van der Waals surface area contributed by atoms with Crippen molar-refractivity contribution in [3.8, 4) is 11.5 Å². The number of carbonyl (C=O) groups is 2. The number of anilines is 1. The summed E-state index contributed by atoms with van der Waals surface area (Å²) in [6.45, 7) is 0. The lowest BCUT2D eigenvalue weighted by atomic mass is 10.0. The summed E-state index contributed by atoms with van der Waals surface area (Å²) in [6.07, 6.45) is 1.47. The Hall–Kier alpha value is -2.78. The van der Waals surface area contributed by atoms with Gasteiger partial charge >= 0.3 is 0 Å². The van der Waals surface area contributed by atoms with Crippen molar-refractivity contribution in [3.63, 3.8) is 0 Å². The van der Waals surface area contributed by atoms with Gasteiger partial charge in [0.1, 0.15) is 11.5 Å². The van der Waals surface area contributed by atoms with Gasteiger partial charge in [0.2, 0.25) is 15.9 Å². The fourth-order valence-corrected chi connectivity index (χ4v) is 4.64. The molecule has 0 heterocycles. The number of nitrogens with one attached hydrogen (secondary N) is 1. The fourth-order valence-electron chi connectivity index (χ4n) is 3.05. The maximum Gasteiger partial charge on any atom is 0.249 e. The van der Waals surface area contributed by atoms with E-state index in [1.807, 2.05) is 0 Å². The first-order valence-corrected chi connectivity index (χ1v) is 11.5. The Labute approximate surface area is 186 Å². The fraction of sp³-hybridized carbons (Fsp3) is 0.333. The van der Waals surface area contributed by atoms with Crippen molar-refractivity contribution in [2.45, 2.75) is 24.5 Å². The van der Waals surface area contributed by atoms with Crippen LogP contribution in [-0.2, 0) is 14.8 Å². The lowest BCUT2D eigenvalue weighted by Crippen LogP contribution is -2.32. The lowest BCUT2D eigenvalue weighted by Gasteiger charge is -2.19. The molecule has 0 saturated carbocycles. The normalized spacial score (nSPS) is 12.1. The first-order valence-electron chi connectivity index (χ1n) is 9.46. The van der Waals surface area contributed by atoms with E-state index in [1.54, 1.807) is 18.2 Å². The molecule has 2 aromatic rings. The molecule has 0 spiro atoms. The number of primary amides is 1. The van der Waals surface area contributed by atoms with Gasteiger partial charge in [-0.2, -0.15) is 0 Å². The van der Waals surface area contributed by atoms with Crippen LogP contribution in [0.25, 0.3) is 0 Å². The van der Waals surface area contributed by atoms with E-state index in [1.165, 1.54) is 38.5 Å². The Morgan fingerprint density at radius 1 is 1.06 bits per heavy atom. The summed E-state index contributed by atoms with van der Waals surface area (Å²) in [7, 11) is -1.58. The van der Waals surface area contributed by atoms with Gasteiger partial charge in [-0.3, -0.25) is 14.3 Å². The van der Waals surface area contributed by atoms with E-state index in [2.05, 4.69) is 4.72 Å². The van der Waals surface area contributed by atoms with Crippen molar-refractivity contribution in [1.82, 2.24) is 0 Å². The molecule has 1 unspecified atom stereocenters. The second kappa shape index (κ2) is 11.0. The average Bonchev–Trinajstić information content (AvgIpc) is 2.73. The van der Waals surface area contributed by atoms with Gasteiger partial charge in [-0.05, 0) is 24.5 Å². The van der Waals surface area contributed by atoms with E-state index in [0.29, 0.717) is 18.7 Å². The molecule has 1 atom stereocenters. The van der Waals surface area contributed by atoms with Crippen molar-refractivity contribution in [2.75, 3.05) is 24.8 Å². The van der Waals surface area contributed by atoms with Crippen molar-refractivity contribution < 1.29 is 27.5 Å². The Morgan fingerprint density at radius 3 is 2.26 bits per heavy atom. The van der Waals surface area contributed by atoms with Gasteiger partial charge in [-0.1, -0.05) is 30.3 Å². The van der Waals surface area contributed by atoms with Gasteiger partial charge in [-0.15, -0.1) is 11.6 Å². The molecule has 0 saturated heterocycles. The molecule has 0 fully saturated rings. The molecule has 2 aromatic carbocycles. The number of ketones is 1. The van der Waals surface area contributed by atoms with E-state index >= 15 is 0 Å². The molecule has 0 aliphatic heterocycles. The number of ether oxygens (including phenoxy) is 2. The van der Waals surface area contributed by atoms with E-state index in [9.17, 15) is 18.0 Å². The van der Waals surface area contributed by atoms with E-state index in [4.69, 9.17) is 26.8 Å². The van der Waals surface area contributed by atoms with Crippen LogP contribution in [0, 0.1) is 0 Å². The van der Waals surface area contributed by atoms with E-state index < -0.39 is 21.2 Å². The van der Waals surface area contributed by atoms with Crippen LogP contribution in [-0.4, -0.2) is 40.2 Å². The van der Waals surface area contributed by atoms with E-state index in [0.717, 1.165) is 0 Å². The number of benzene rings is 2. The summed E-state index contributed by atoms with van der Waals surface area (Å²) in [5.74, 6) is -0.478. The SMILES string of the molecule is COc1cc(OC)c(C(=O)CCCCCl)cc1NS(=O)(=O)C(C(N)=O)c1ccccc1. The van der Waals surface area contributed by atoms with Crippen LogP contribution in [0.3, 0.4) is 0 Å². The number of halogens is 1. The standard InChI is InChI=1S/C21H25ClN2O6S/c1-29-18-13-19(30-2)16(12-15(18)17(25)10-6-7-11-22)24-31(27,28)20(21(23)26)14-8-4-3-5-9-14/h3-5,8-9,12-13,20,24H,6-7,10-11H2,1-2H3,(H2,23,26). The molecule has 2 rings (SSSR count). The summed E-state index contributed by atoms with van der Waals surface area (Å²) < 4.78 is 39.0. The predicted molar refractivity (Wildman–Crippen MR) is 119 cm³/mol. The Bertz CT molecular complexity index is 1030. The zero-order chi connectivity index (χ0) is 23.0. The third kappa shape index (κ3) is 6.11. The molecule has 10 heteroatoms. The highest BCUT2D eigenvalue weighted by molar-refractivity contribution is 7.93. The number of unbranched alkanes of at least 4 members (excludes halogenated alkanes) is 1. The highest BCUT2D eigenvalue weighted by Gasteiger charge is 2.33. The van der Waals surface area contributed by atoms with Crippen LogP contribution in [0.4, 0.5) is 5.69 Å². The minimum atomic E-state index is -4.32. The number of Topliss-reactive ketones (excluding diaryl/α,β-unsaturated/α-hetero) is 1. The Balaban J connectivity index is 2.47. The molecule has 31 heavy (non-hydrogen) atoms. The van der Waals surface area contributed by atoms with Gasteiger partial charge in [0, 0.05) is 18.4 Å². The number of rotatable bonds is 12. The molecular formula is C21H25ClN2O6S. The zero-order valence-corrected chi connectivity index (χ0v) is 18.8. The molecule has 0 radical (unpaired) electrons. The Morgan fingerprint density at radius 2 is 1.71 bits per heavy atom. The number of hydrogen-bond acceptors (Lipinski definition) is 6. The van der Waals surface area contributed by atoms with Crippen molar-refractivity contribution in [1.29, 1.82) is 0 Å². The highest BCUT2D eigenvalue weighted by atomic mass is 35.5. The minimum Gasteiger partial charge on any atom is -0.496 e.